The van der Waals surface area contributed by atoms with Crippen LogP contribution in [-0.4, -0.2) is 22.5 Å². The second-order valence-electron chi connectivity index (χ2n) is 6.51. The van der Waals surface area contributed by atoms with Crippen LogP contribution in [0.5, 0.6) is 5.75 Å². The van der Waals surface area contributed by atoms with Crippen molar-refractivity contribution in [1.82, 2.24) is 9.97 Å². The number of nitrogens with one attached hydrogen (secondary N) is 1. The number of amides is 1. The van der Waals surface area contributed by atoms with E-state index in [0.717, 1.165) is 40.1 Å². The number of carbonyl (C=O) groups excluding carboxylic acids is 1. The lowest BCUT2D eigenvalue weighted by atomic mass is 10.1. The van der Waals surface area contributed by atoms with Crippen LogP contribution in [0, 0.1) is 13.8 Å². The van der Waals surface area contributed by atoms with E-state index in [1.807, 2.05) is 13.8 Å². The number of fused-ring (bicyclic) bond motifs is 1. The Balaban J connectivity index is 1.67. The number of carbonyl (C=O) groups is 1. The second-order valence-corrected chi connectivity index (χ2v) is 7.51. The van der Waals surface area contributed by atoms with Gasteiger partial charge in [-0.15, -0.1) is 11.3 Å². The summed E-state index contributed by atoms with van der Waals surface area (Å²) in [4.78, 5) is 23.3. The lowest BCUT2D eigenvalue weighted by Crippen LogP contribution is -2.13. The van der Waals surface area contributed by atoms with Gasteiger partial charge in [-0.1, -0.05) is 12.1 Å². The minimum Gasteiger partial charge on any atom is -0.433 e. The molecule has 4 rings (SSSR count). The summed E-state index contributed by atoms with van der Waals surface area (Å²) in [5.41, 5.74) is 1.84. The fourth-order valence-electron chi connectivity index (χ4n) is 3.05. The highest BCUT2D eigenvalue weighted by Crippen LogP contribution is 2.40. The van der Waals surface area contributed by atoms with E-state index in [2.05, 4.69) is 20.0 Å². The van der Waals surface area contributed by atoms with Crippen molar-refractivity contribution in [2.75, 3.05) is 5.32 Å². The average molecular weight is 389 g/mol. The lowest BCUT2D eigenvalue weighted by molar-refractivity contribution is -0.0493. The molecule has 1 amide bonds. The van der Waals surface area contributed by atoms with Crippen LogP contribution in [0.3, 0.4) is 0 Å². The van der Waals surface area contributed by atoms with E-state index in [-0.39, 0.29) is 17.3 Å². The summed E-state index contributed by atoms with van der Waals surface area (Å²) >= 11 is 1.29. The molecular weight excluding hydrogens is 372 g/mol. The number of nitrogens with zero attached hydrogens (tertiary/aromatic N) is 2. The standard InChI is InChI=1S/C19H17F2N3O2S/c1-9-14-10(2)22-16(11-7-8-11)24-18(14)27-15(9)17(25)23-12-5-3-4-6-13(12)26-19(20)21/h3-6,11,19H,7-8H2,1-2H3,(H,23,25). The van der Waals surface area contributed by atoms with Gasteiger partial charge in [-0.2, -0.15) is 8.78 Å². The molecule has 27 heavy (non-hydrogen) atoms. The largest absolute Gasteiger partial charge is 0.433 e. The minimum atomic E-state index is -2.96. The lowest BCUT2D eigenvalue weighted by Gasteiger charge is -2.11. The van der Waals surface area contributed by atoms with Crippen LogP contribution < -0.4 is 10.1 Å². The van der Waals surface area contributed by atoms with Crippen molar-refractivity contribution in [3.05, 3.63) is 46.2 Å². The van der Waals surface area contributed by atoms with E-state index in [4.69, 9.17) is 0 Å². The summed E-state index contributed by atoms with van der Waals surface area (Å²) in [6, 6.07) is 6.12. The molecule has 1 aliphatic carbocycles. The summed E-state index contributed by atoms with van der Waals surface area (Å²) in [6.45, 7) is 0.804. The first kappa shape index (κ1) is 17.8. The van der Waals surface area contributed by atoms with Gasteiger partial charge in [-0.3, -0.25) is 4.79 Å². The zero-order valence-corrected chi connectivity index (χ0v) is 15.6. The molecule has 0 saturated heterocycles. The van der Waals surface area contributed by atoms with E-state index in [1.165, 1.54) is 23.5 Å². The summed E-state index contributed by atoms with van der Waals surface area (Å²) in [6.07, 6.45) is 2.20. The van der Waals surface area contributed by atoms with Gasteiger partial charge in [-0.05, 0) is 44.4 Å². The van der Waals surface area contributed by atoms with Gasteiger partial charge < -0.3 is 10.1 Å². The van der Waals surface area contributed by atoms with E-state index < -0.39 is 6.61 Å². The molecule has 2 aromatic heterocycles. The number of halogens is 2. The van der Waals surface area contributed by atoms with Crippen LogP contribution in [0.2, 0.25) is 0 Å². The van der Waals surface area contributed by atoms with Gasteiger partial charge in [0, 0.05) is 11.3 Å². The van der Waals surface area contributed by atoms with Crippen LogP contribution in [-0.2, 0) is 0 Å². The number of benzene rings is 1. The molecule has 2 heterocycles. The number of ether oxygens (including phenoxy) is 1. The van der Waals surface area contributed by atoms with Gasteiger partial charge in [0.05, 0.1) is 16.3 Å². The van der Waals surface area contributed by atoms with E-state index in [9.17, 15) is 13.6 Å². The monoisotopic (exact) mass is 389 g/mol. The summed E-state index contributed by atoms with van der Waals surface area (Å²) < 4.78 is 29.6. The molecule has 5 nitrogen and oxygen atoms in total. The van der Waals surface area contributed by atoms with Gasteiger partial charge in [0.25, 0.3) is 5.91 Å². The highest BCUT2D eigenvalue weighted by molar-refractivity contribution is 7.20. The van der Waals surface area contributed by atoms with Crippen molar-refractivity contribution in [3.8, 4) is 5.75 Å². The average Bonchev–Trinajstić information content (AvgIpc) is 3.40. The number of anilines is 1. The third kappa shape index (κ3) is 3.49. The minimum absolute atomic E-state index is 0.0772. The van der Waals surface area contributed by atoms with Crippen molar-refractivity contribution in [1.29, 1.82) is 0 Å². The number of thiophene rings is 1. The Morgan fingerprint density at radius 2 is 2.00 bits per heavy atom. The Morgan fingerprint density at radius 1 is 1.26 bits per heavy atom. The third-order valence-corrected chi connectivity index (χ3v) is 5.67. The molecule has 1 aliphatic rings. The third-order valence-electron chi connectivity index (χ3n) is 4.49. The number of rotatable bonds is 5. The molecule has 1 saturated carbocycles. The number of alkyl halides is 2. The van der Waals surface area contributed by atoms with Gasteiger partial charge in [-0.25, -0.2) is 9.97 Å². The molecule has 1 N–H and O–H groups in total. The number of para-hydroxylation sites is 2. The van der Waals surface area contributed by atoms with Crippen LogP contribution >= 0.6 is 11.3 Å². The molecule has 0 atom stereocenters. The Hall–Kier alpha value is -2.61. The Labute approximate surface area is 158 Å². The highest BCUT2D eigenvalue weighted by atomic mass is 32.1. The molecule has 140 valence electrons. The fourth-order valence-corrected chi connectivity index (χ4v) is 4.18. The van der Waals surface area contributed by atoms with Crippen molar-refractivity contribution in [2.24, 2.45) is 0 Å². The highest BCUT2D eigenvalue weighted by Gasteiger charge is 2.28. The van der Waals surface area contributed by atoms with Gasteiger partial charge in [0.1, 0.15) is 16.4 Å². The van der Waals surface area contributed by atoms with Crippen LogP contribution in [0.1, 0.15) is 45.5 Å². The molecular formula is C19H17F2N3O2S. The van der Waals surface area contributed by atoms with Crippen molar-refractivity contribution in [2.45, 2.75) is 39.2 Å². The smallest absolute Gasteiger partial charge is 0.387 e. The molecule has 8 heteroatoms. The quantitative estimate of drug-likeness (QED) is 0.664. The Morgan fingerprint density at radius 3 is 2.70 bits per heavy atom. The number of hydrogen-bond donors (Lipinski definition) is 1. The number of hydrogen-bond acceptors (Lipinski definition) is 5. The number of aromatic nitrogens is 2. The molecule has 0 spiro atoms. The zero-order chi connectivity index (χ0) is 19.1. The van der Waals surface area contributed by atoms with Crippen LogP contribution in [0.4, 0.5) is 14.5 Å². The van der Waals surface area contributed by atoms with Gasteiger partial charge in [0.2, 0.25) is 0 Å². The predicted octanol–water partition coefficient (Wildman–Crippen LogP) is 5.04. The molecule has 0 radical (unpaired) electrons. The van der Waals surface area contributed by atoms with E-state index in [0.29, 0.717) is 10.8 Å². The molecule has 1 fully saturated rings. The maximum atomic E-state index is 12.8. The molecule has 0 bridgehead atoms. The summed E-state index contributed by atoms with van der Waals surface area (Å²) in [7, 11) is 0. The summed E-state index contributed by atoms with van der Waals surface area (Å²) in [5.74, 6) is 0.801. The fraction of sp³-hybridized carbons (Fsp3) is 0.316. The Kier molecular flexibility index (Phi) is 4.51. The van der Waals surface area contributed by atoms with Crippen LogP contribution in [0.25, 0.3) is 10.2 Å². The zero-order valence-electron chi connectivity index (χ0n) is 14.8. The number of aryl methyl sites for hydroxylation is 2. The van der Waals surface area contributed by atoms with Crippen molar-refractivity contribution < 1.29 is 18.3 Å². The van der Waals surface area contributed by atoms with Crippen molar-refractivity contribution >= 4 is 33.1 Å². The van der Waals surface area contributed by atoms with Gasteiger partial charge in [0.15, 0.2) is 0 Å². The first-order valence-electron chi connectivity index (χ1n) is 8.57. The molecule has 0 unspecified atom stereocenters. The maximum Gasteiger partial charge on any atom is 0.387 e. The van der Waals surface area contributed by atoms with E-state index >= 15 is 0 Å². The van der Waals surface area contributed by atoms with Crippen molar-refractivity contribution in [3.63, 3.8) is 0 Å². The first-order chi connectivity index (χ1) is 12.9. The summed E-state index contributed by atoms with van der Waals surface area (Å²) in [5, 5.41) is 3.55. The first-order valence-corrected chi connectivity index (χ1v) is 9.38. The maximum absolute atomic E-state index is 12.8. The van der Waals surface area contributed by atoms with Crippen LogP contribution in [0.15, 0.2) is 24.3 Å². The Bertz CT molecular complexity index is 1030. The second kappa shape index (κ2) is 6.84. The molecule has 3 aromatic rings. The topological polar surface area (TPSA) is 64.1 Å². The predicted molar refractivity (Wildman–Crippen MR) is 99.9 cm³/mol. The normalized spacial score (nSPS) is 14.0. The molecule has 1 aromatic carbocycles. The molecule has 0 aliphatic heterocycles. The SMILES string of the molecule is Cc1nc(C2CC2)nc2sc(C(=O)Nc3ccccc3OC(F)F)c(C)c12. The van der Waals surface area contributed by atoms with Gasteiger partial charge >= 0.3 is 6.61 Å². The van der Waals surface area contributed by atoms with E-state index in [1.54, 1.807) is 12.1 Å².